The Balaban J connectivity index is 2.04. The maximum Gasteiger partial charge on any atom is 0.337 e. The Morgan fingerprint density at radius 1 is 1.12 bits per heavy atom. The van der Waals surface area contributed by atoms with Crippen molar-refractivity contribution in [2.75, 3.05) is 12.4 Å². The Kier molecular flexibility index (Phi) is 5.26. The molecule has 0 spiro atoms. The first kappa shape index (κ1) is 17.1. The van der Waals surface area contributed by atoms with Gasteiger partial charge in [0.25, 0.3) is 0 Å². The fourth-order valence-electron chi connectivity index (χ4n) is 2.17. The number of phenolic OH excluding ortho intramolecular Hbond substituents is 2. The molecular formula is C17H17NO6. The molecule has 0 aliphatic carbocycles. The molecule has 0 atom stereocenters. The van der Waals surface area contributed by atoms with E-state index in [4.69, 9.17) is 9.84 Å². The Labute approximate surface area is 138 Å². The average molecular weight is 331 g/mol. The maximum absolute atomic E-state index is 12.0. The van der Waals surface area contributed by atoms with Crippen LogP contribution in [-0.2, 0) is 11.2 Å². The summed E-state index contributed by atoms with van der Waals surface area (Å²) in [5.41, 5.74) is 0.720. The van der Waals surface area contributed by atoms with Crippen molar-refractivity contribution >= 4 is 17.6 Å². The van der Waals surface area contributed by atoms with Gasteiger partial charge in [-0.3, -0.25) is 4.79 Å². The van der Waals surface area contributed by atoms with E-state index in [1.54, 1.807) is 12.1 Å². The second kappa shape index (κ2) is 7.36. The second-order valence-corrected chi connectivity index (χ2v) is 5.09. The van der Waals surface area contributed by atoms with Gasteiger partial charge >= 0.3 is 5.97 Å². The molecular weight excluding hydrogens is 314 g/mol. The maximum atomic E-state index is 12.0. The summed E-state index contributed by atoms with van der Waals surface area (Å²) in [6.45, 7) is 0. The second-order valence-electron chi connectivity index (χ2n) is 5.09. The molecule has 0 radical (unpaired) electrons. The number of rotatable bonds is 6. The number of carboxylic acid groups (broad SMARTS) is 1. The van der Waals surface area contributed by atoms with Gasteiger partial charge in [0.15, 0.2) is 11.5 Å². The molecule has 0 saturated carbocycles. The number of amides is 1. The standard InChI is InChI=1S/C17H17NO6/c1-24-15-8-10(2-6-14(15)20)3-7-16(21)18-13-9-11(19)4-5-12(13)17(22)23/h2,4-6,8-9,19-20H,3,7H2,1H3,(H,18,21)(H,22,23). The molecule has 0 unspecified atom stereocenters. The van der Waals surface area contributed by atoms with Gasteiger partial charge in [0, 0.05) is 12.5 Å². The van der Waals surface area contributed by atoms with Gasteiger partial charge in [0.05, 0.1) is 18.4 Å². The van der Waals surface area contributed by atoms with Gasteiger partial charge < -0.3 is 25.4 Å². The highest BCUT2D eigenvalue weighted by Crippen LogP contribution is 2.27. The number of aromatic hydroxyl groups is 2. The van der Waals surface area contributed by atoms with Crippen molar-refractivity contribution in [3.05, 3.63) is 47.5 Å². The van der Waals surface area contributed by atoms with E-state index in [0.717, 1.165) is 5.56 Å². The highest BCUT2D eigenvalue weighted by Gasteiger charge is 2.13. The van der Waals surface area contributed by atoms with Crippen molar-refractivity contribution in [3.8, 4) is 17.2 Å². The Morgan fingerprint density at radius 2 is 1.88 bits per heavy atom. The van der Waals surface area contributed by atoms with Gasteiger partial charge in [-0.25, -0.2) is 4.79 Å². The number of carbonyl (C=O) groups excluding carboxylic acids is 1. The number of aromatic carboxylic acids is 1. The first-order valence-corrected chi connectivity index (χ1v) is 7.12. The van der Waals surface area contributed by atoms with Crippen LogP contribution in [0.15, 0.2) is 36.4 Å². The summed E-state index contributed by atoms with van der Waals surface area (Å²) in [6.07, 6.45) is 0.479. The lowest BCUT2D eigenvalue weighted by Crippen LogP contribution is -2.15. The summed E-state index contributed by atoms with van der Waals surface area (Å²) >= 11 is 0. The highest BCUT2D eigenvalue weighted by molar-refractivity contribution is 6.00. The third-order valence-electron chi connectivity index (χ3n) is 3.39. The summed E-state index contributed by atoms with van der Waals surface area (Å²) in [7, 11) is 1.43. The normalized spacial score (nSPS) is 10.2. The van der Waals surface area contributed by atoms with Gasteiger partial charge in [-0.05, 0) is 36.2 Å². The van der Waals surface area contributed by atoms with E-state index < -0.39 is 11.9 Å². The van der Waals surface area contributed by atoms with Crippen molar-refractivity contribution in [3.63, 3.8) is 0 Å². The molecule has 24 heavy (non-hydrogen) atoms. The van der Waals surface area contributed by atoms with Crippen molar-refractivity contribution < 1.29 is 29.6 Å². The van der Waals surface area contributed by atoms with Crippen LogP contribution < -0.4 is 10.1 Å². The first-order valence-electron chi connectivity index (χ1n) is 7.12. The van der Waals surface area contributed by atoms with Crippen molar-refractivity contribution in [1.29, 1.82) is 0 Å². The van der Waals surface area contributed by atoms with Crippen LogP contribution in [0.25, 0.3) is 0 Å². The zero-order valence-corrected chi connectivity index (χ0v) is 12.9. The smallest absolute Gasteiger partial charge is 0.337 e. The number of benzene rings is 2. The number of aryl methyl sites for hydroxylation is 1. The Hall–Kier alpha value is -3.22. The van der Waals surface area contributed by atoms with Crippen LogP contribution >= 0.6 is 0 Å². The van der Waals surface area contributed by atoms with Crippen molar-refractivity contribution in [2.45, 2.75) is 12.8 Å². The molecule has 0 bridgehead atoms. The third kappa shape index (κ3) is 4.16. The molecule has 0 aromatic heterocycles. The zero-order valence-electron chi connectivity index (χ0n) is 12.9. The van der Waals surface area contributed by atoms with Crippen LogP contribution in [0.2, 0.25) is 0 Å². The highest BCUT2D eigenvalue weighted by atomic mass is 16.5. The number of anilines is 1. The molecule has 0 fully saturated rings. The minimum absolute atomic E-state index is 0.0107. The molecule has 126 valence electrons. The van der Waals surface area contributed by atoms with Crippen LogP contribution in [0.4, 0.5) is 5.69 Å². The quantitative estimate of drug-likeness (QED) is 0.646. The number of ether oxygens (including phenoxy) is 1. The topological polar surface area (TPSA) is 116 Å². The van der Waals surface area contributed by atoms with Gasteiger partial charge in [-0.1, -0.05) is 6.07 Å². The fraction of sp³-hybridized carbons (Fsp3) is 0.176. The van der Waals surface area contributed by atoms with E-state index in [1.165, 1.54) is 31.4 Å². The summed E-state index contributed by atoms with van der Waals surface area (Å²) in [5, 5.41) is 30.5. The van der Waals surface area contributed by atoms with Gasteiger partial charge in [-0.2, -0.15) is 0 Å². The molecule has 4 N–H and O–H groups in total. The predicted molar refractivity (Wildman–Crippen MR) is 86.7 cm³/mol. The van der Waals surface area contributed by atoms with Gasteiger partial charge in [0.1, 0.15) is 5.75 Å². The molecule has 0 heterocycles. The SMILES string of the molecule is COc1cc(CCC(=O)Nc2cc(O)ccc2C(=O)O)ccc1O. The monoisotopic (exact) mass is 331 g/mol. The molecule has 2 aromatic carbocycles. The lowest BCUT2D eigenvalue weighted by atomic mass is 10.1. The van der Waals surface area contributed by atoms with E-state index in [2.05, 4.69) is 5.32 Å². The van der Waals surface area contributed by atoms with Crippen LogP contribution in [0.1, 0.15) is 22.3 Å². The fourth-order valence-corrected chi connectivity index (χ4v) is 2.17. The number of carboxylic acids is 1. The number of nitrogens with one attached hydrogen (secondary N) is 1. The minimum Gasteiger partial charge on any atom is -0.508 e. The van der Waals surface area contributed by atoms with E-state index in [0.29, 0.717) is 12.2 Å². The van der Waals surface area contributed by atoms with E-state index in [1.807, 2.05) is 0 Å². The number of hydrogen-bond donors (Lipinski definition) is 4. The number of methoxy groups -OCH3 is 1. The van der Waals surface area contributed by atoms with Crippen LogP contribution in [0.3, 0.4) is 0 Å². The summed E-state index contributed by atoms with van der Waals surface area (Å²) in [4.78, 5) is 23.2. The predicted octanol–water partition coefficient (Wildman–Crippen LogP) is 2.38. The molecule has 0 saturated heterocycles. The summed E-state index contributed by atoms with van der Waals surface area (Å²) in [5.74, 6) is -1.41. The van der Waals surface area contributed by atoms with Crippen LogP contribution in [0, 0.1) is 0 Å². The Bertz CT molecular complexity index is 772. The van der Waals surface area contributed by atoms with Crippen molar-refractivity contribution in [2.24, 2.45) is 0 Å². The van der Waals surface area contributed by atoms with Crippen LogP contribution in [0.5, 0.6) is 17.2 Å². The number of hydrogen-bond acceptors (Lipinski definition) is 5. The van der Waals surface area contributed by atoms with Crippen LogP contribution in [-0.4, -0.2) is 34.3 Å². The van der Waals surface area contributed by atoms with Gasteiger partial charge in [-0.15, -0.1) is 0 Å². The van der Waals surface area contributed by atoms with E-state index >= 15 is 0 Å². The molecule has 2 aromatic rings. The van der Waals surface area contributed by atoms with Crippen molar-refractivity contribution in [1.82, 2.24) is 0 Å². The van der Waals surface area contributed by atoms with E-state index in [9.17, 15) is 19.8 Å². The largest absolute Gasteiger partial charge is 0.508 e. The summed E-state index contributed by atoms with van der Waals surface area (Å²) in [6, 6.07) is 8.41. The zero-order chi connectivity index (χ0) is 17.7. The molecule has 7 nitrogen and oxygen atoms in total. The first-order chi connectivity index (χ1) is 11.4. The molecule has 1 amide bonds. The summed E-state index contributed by atoms with van der Waals surface area (Å²) < 4.78 is 5.00. The van der Waals surface area contributed by atoms with Gasteiger partial charge in [0.2, 0.25) is 5.91 Å². The van der Waals surface area contributed by atoms with E-state index in [-0.39, 0.29) is 29.2 Å². The number of carbonyl (C=O) groups is 2. The Morgan fingerprint density at radius 3 is 2.54 bits per heavy atom. The lowest BCUT2D eigenvalue weighted by molar-refractivity contribution is -0.116. The molecule has 0 aliphatic rings. The molecule has 2 rings (SSSR count). The minimum atomic E-state index is -1.20. The third-order valence-corrected chi connectivity index (χ3v) is 3.39. The number of phenols is 2. The molecule has 0 aliphatic heterocycles. The average Bonchev–Trinajstić information content (AvgIpc) is 2.53. The molecule has 7 heteroatoms. The lowest BCUT2D eigenvalue weighted by Gasteiger charge is -2.10.